The lowest BCUT2D eigenvalue weighted by molar-refractivity contribution is 0.0962. The predicted molar refractivity (Wildman–Crippen MR) is 95.9 cm³/mol. The monoisotopic (exact) mass is 375 g/mol. The number of aryl methyl sites for hydroxylation is 2. The summed E-state index contributed by atoms with van der Waals surface area (Å²) in [5.74, 6) is -0.388. The average Bonchev–Trinajstić information content (AvgIpc) is 2.59. The Morgan fingerprint density at radius 3 is 2.69 bits per heavy atom. The zero-order chi connectivity index (χ0) is 18.8. The molecule has 9 heteroatoms. The highest BCUT2D eigenvalue weighted by Crippen LogP contribution is 2.26. The molecule has 0 saturated carbocycles. The van der Waals surface area contributed by atoms with Crippen LogP contribution in [-0.2, 0) is 0 Å². The molecule has 2 aromatic heterocycles. The number of fused-ring (bicyclic) bond motifs is 1. The zero-order valence-corrected chi connectivity index (χ0v) is 15.0. The number of hydrazine groups is 1. The molecule has 134 valence electrons. The maximum atomic E-state index is 13.7. The lowest BCUT2D eigenvalue weighted by Crippen LogP contribution is -2.31. The molecular weight excluding hydrogens is 361 g/mol. The third kappa shape index (κ3) is 3.36. The number of pyridine rings is 1. The molecule has 0 unspecified atom stereocenters. The highest BCUT2D eigenvalue weighted by molar-refractivity contribution is 6.33. The SMILES string of the molecule is COc1cc(F)cc2nc(NNC(=O)c3c(C)cncc3Cl)c(C)nc12. The van der Waals surface area contributed by atoms with Gasteiger partial charge >= 0.3 is 0 Å². The second-order valence-electron chi connectivity index (χ2n) is 5.53. The van der Waals surface area contributed by atoms with E-state index >= 15 is 0 Å². The van der Waals surface area contributed by atoms with Crippen LogP contribution in [-0.4, -0.2) is 28.0 Å². The van der Waals surface area contributed by atoms with Crippen LogP contribution in [0.3, 0.4) is 0 Å². The topological polar surface area (TPSA) is 89.0 Å². The number of amides is 1. The third-order valence-corrected chi connectivity index (χ3v) is 3.99. The smallest absolute Gasteiger partial charge is 0.271 e. The zero-order valence-electron chi connectivity index (χ0n) is 14.2. The van der Waals surface area contributed by atoms with Crippen molar-refractivity contribution in [1.82, 2.24) is 20.4 Å². The fourth-order valence-corrected chi connectivity index (χ4v) is 2.74. The van der Waals surface area contributed by atoms with E-state index in [0.29, 0.717) is 27.9 Å². The Labute approximate surface area is 153 Å². The number of methoxy groups -OCH3 is 1. The first-order valence-electron chi connectivity index (χ1n) is 7.59. The van der Waals surface area contributed by atoms with Crippen molar-refractivity contribution in [3.8, 4) is 5.75 Å². The number of aromatic nitrogens is 3. The quantitative estimate of drug-likeness (QED) is 0.681. The Kier molecular flexibility index (Phi) is 4.85. The molecule has 3 aromatic rings. The first-order chi connectivity index (χ1) is 12.4. The van der Waals surface area contributed by atoms with Gasteiger partial charge in [0.05, 0.1) is 28.9 Å². The minimum absolute atomic E-state index is 0.234. The summed E-state index contributed by atoms with van der Waals surface area (Å²) in [6, 6.07) is 2.47. The van der Waals surface area contributed by atoms with E-state index < -0.39 is 11.7 Å². The van der Waals surface area contributed by atoms with E-state index in [1.165, 1.54) is 31.6 Å². The first-order valence-corrected chi connectivity index (χ1v) is 7.97. The van der Waals surface area contributed by atoms with Gasteiger partial charge in [-0.2, -0.15) is 0 Å². The van der Waals surface area contributed by atoms with Gasteiger partial charge in [-0.05, 0) is 19.4 Å². The van der Waals surface area contributed by atoms with E-state index in [0.717, 1.165) is 0 Å². The van der Waals surface area contributed by atoms with Gasteiger partial charge in [-0.3, -0.25) is 20.6 Å². The molecule has 0 bridgehead atoms. The number of hydrogen-bond donors (Lipinski definition) is 2. The highest BCUT2D eigenvalue weighted by atomic mass is 35.5. The summed E-state index contributed by atoms with van der Waals surface area (Å²) < 4.78 is 18.8. The van der Waals surface area contributed by atoms with Crippen molar-refractivity contribution in [2.45, 2.75) is 13.8 Å². The van der Waals surface area contributed by atoms with E-state index in [-0.39, 0.29) is 16.6 Å². The molecule has 0 aliphatic carbocycles. The molecule has 0 spiro atoms. The lowest BCUT2D eigenvalue weighted by Gasteiger charge is -2.13. The van der Waals surface area contributed by atoms with Crippen molar-refractivity contribution in [3.05, 3.63) is 52.2 Å². The molecule has 0 radical (unpaired) electrons. The van der Waals surface area contributed by atoms with Crippen LogP contribution in [0, 0.1) is 19.7 Å². The van der Waals surface area contributed by atoms with Gasteiger partial charge in [0.2, 0.25) is 0 Å². The van der Waals surface area contributed by atoms with Gasteiger partial charge in [0.15, 0.2) is 5.82 Å². The fourth-order valence-electron chi connectivity index (χ4n) is 2.45. The van der Waals surface area contributed by atoms with Crippen LogP contribution >= 0.6 is 11.6 Å². The molecule has 1 aromatic carbocycles. The van der Waals surface area contributed by atoms with Crippen LogP contribution in [0.2, 0.25) is 5.02 Å². The predicted octanol–water partition coefficient (Wildman–Crippen LogP) is 3.20. The summed E-state index contributed by atoms with van der Waals surface area (Å²) in [5.41, 5.74) is 7.37. The molecule has 2 N–H and O–H groups in total. The van der Waals surface area contributed by atoms with Crippen LogP contribution in [0.5, 0.6) is 5.75 Å². The molecule has 3 rings (SSSR count). The second kappa shape index (κ2) is 7.09. The molecule has 7 nitrogen and oxygen atoms in total. The molecule has 2 heterocycles. The maximum absolute atomic E-state index is 13.7. The number of hydrogen-bond acceptors (Lipinski definition) is 6. The van der Waals surface area contributed by atoms with Crippen molar-refractivity contribution in [3.63, 3.8) is 0 Å². The molecule has 0 saturated heterocycles. The van der Waals surface area contributed by atoms with Gasteiger partial charge in [0.25, 0.3) is 5.91 Å². The van der Waals surface area contributed by atoms with E-state index in [2.05, 4.69) is 25.8 Å². The minimum Gasteiger partial charge on any atom is -0.494 e. The number of anilines is 1. The normalized spacial score (nSPS) is 10.7. The second-order valence-corrected chi connectivity index (χ2v) is 5.93. The standard InChI is InChI=1S/C17H15ClFN5O2/c1-8-6-20-7-11(18)14(8)17(25)24-23-16-9(2)21-15-12(22-16)4-10(19)5-13(15)26-3/h4-7H,1-3H3,(H,22,23)(H,24,25). The summed E-state index contributed by atoms with van der Waals surface area (Å²) >= 11 is 6.03. The lowest BCUT2D eigenvalue weighted by atomic mass is 10.1. The van der Waals surface area contributed by atoms with Crippen molar-refractivity contribution >= 4 is 34.4 Å². The largest absolute Gasteiger partial charge is 0.494 e. The van der Waals surface area contributed by atoms with Crippen molar-refractivity contribution in [2.75, 3.05) is 12.5 Å². The minimum atomic E-state index is -0.498. The number of ether oxygens (including phenoxy) is 1. The number of carbonyl (C=O) groups excluding carboxylic acids is 1. The number of carbonyl (C=O) groups is 1. The molecular formula is C17H15ClFN5O2. The first kappa shape index (κ1) is 17.8. The van der Waals surface area contributed by atoms with Gasteiger partial charge in [0.1, 0.15) is 17.1 Å². The molecule has 26 heavy (non-hydrogen) atoms. The summed E-state index contributed by atoms with van der Waals surface area (Å²) in [5, 5.41) is 0.234. The van der Waals surface area contributed by atoms with E-state index in [9.17, 15) is 9.18 Å². The molecule has 1 amide bonds. The van der Waals surface area contributed by atoms with Crippen molar-refractivity contribution in [2.24, 2.45) is 0 Å². The summed E-state index contributed by atoms with van der Waals surface area (Å²) in [4.78, 5) is 25.0. The summed E-state index contributed by atoms with van der Waals surface area (Å²) in [7, 11) is 1.43. The number of benzene rings is 1. The highest BCUT2D eigenvalue weighted by Gasteiger charge is 2.15. The summed E-state index contributed by atoms with van der Waals surface area (Å²) in [6.45, 7) is 3.43. The Morgan fingerprint density at radius 2 is 2.00 bits per heavy atom. The van der Waals surface area contributed by atoms with Crippen molar-refractivity contribution in [1.29, 1.82) is 0 Å². The van der Waals surface area contributed by atoms with E-state index in [1.807, 2.05) is 0 Å². The maximum Gasteiger partial charge on any atom is 0.271 e. The van der Waals surface area contributed by atoms with Gasteiger partial charge < -0.3 is 4.74 Å². The van der Waals surface area contributed by atoms with Crippen molar-refractivity contribution < 1.29 is 13.9 Å². The van der Waals surface area contributed by atoms with E-state index in [4.69, 9.17) is 16.3 Å². The molecule has 0 aliphatic heterocycles. The van der Waals surface area contributed by atoms with E-state index in [1.54, 1.807) is 13.8 Å². The Morgan fingerprint density at radius 1 is 1.23 bits per heavy atom. The van der Waals surface area contributed by atoms with Gasteiger partial charge in [-0.25, -0.2) is 14.4 Å². The molecule has 0 aliphatic rings. The Hall–Kier alpha value is -3.00. The number of rotatable bonds is 4. The van der Waals surface area contributed by atoms with Crippen LogP contribution < -0.4 is 15.6 Å². The Bertz CT molecular complexity index is 992. The Balaban J connectivity index is 1.89. The summed E-state index contributed by atoms with van der Waals surface area (Å²) in [6.07, 6.45) is 2.93. The number of nitrogens with one attached hydrogen (secondary N) is 2. The van der Waals surface area contributed by atoms with Gasteiger partial charge in [0, 0.05) is 24.5 Å². The molecule has 0 atom stereocenters. The van der Waals surface area contributed by atoms with Crippen LogP contribution in [0.25, 0.3) is 11.0 Å². The van der Waals surface area contributed by atoms with Gasteiger partial charge in [-0.15, -0.1) is 0 Å². The molecule has 0 fully saturated rings. The number of nitrogens with zero attached hydrogens (tertiary/aromatic N) is 3. The van der Waals surface area contributed by atoms with Gasteiger partial charge in [-0.1, -0.05) is 11.6 Å². The fraction of sp³-hybridized carbons (Fsp3) is 0.176. The van der Waals surface area contributed by atoms with Crippen LogP contribution in [0.4, 0.5) is 10.2 Å². The van der Waals surface area contributed by atoms with Crippen LogP contribution in [0.15, 0.2) is 24.5 Å². The van der Waals surface area contributed by atoms with Crippen LogP contribution in [0.1, 0.15) is 21.6 Å². The third-order valence-electron chi connectivity index (χ3n) is 3.70. The number of halogens is 2. The average molecular weight is 376 g/mol.